The van der Waals surface area contributed by atoms with Gasteiger partial charge in [-0.1, -0.05) is 50.6 Å². The summed E-state index contributed by atoms with van der Waals surface area (Å²) in [5, 5.41) is 11.6. The summed E-state index contributed by atoms with van der Waals surface area (Å²) < 4.78 is 0. The summed E-state index contributed by atoms with van der Waals surface area (Å²) in [6, 6.07) is 0. The van der Waals surface area contributed by atoms with E-state index in [1.54, 1.807) is 0 Å². The summed E-state index contributed by atoms with van der Waals surface area (Å²) in [6.07, 6.45) is 9.62. The molecule has 1 heterocycles. The maximum absolute atomic E-state index is 8.56. The fraction of sp³-hybridized carbons (Fsp3) is 0.933. The maximum atomic E-state index is 8.56. The van der Waals surface area contributed by atoms with E-state index < -0.39 is 0 Å². The van der Waals surface area contributed by atoms with Crippen LogP contribution in [0, 0.1) is 0 Å². The minimum absolute atomic E-state index is 0.311. The lowest BCUT2D eigenvalue weighted by atomic mass is 10.1. The third-order valence-corrected chi connectivity index (χ3v) is 4.06. The molecule has 0 spiro atoms. The highest BCUT2D eigenvalue weighted by molar-refractivity contribution is 5.81. The molecule has 1 aliphatic rings. The van der Waals surface area contributed by atoms with Gasteiger partial charge in [-0.05, 0) is 13.0 Å². The van der Waals surface area contributed by atoms with Crippen LogP contribution in [0.3, 0.4) is 0 Å². The van der Waals surface area contributed by atoms with Crippen LogP contribution in [0.25, 0.3) is 0 Å². The van der Waals surface area contributed by atoms with Gasteiger partial charge in [-0.2, -0.15) is 0 Å². The molecule has 0 aliphatic carbocycles. The van der Waals surface area contributed by atoms with Gasteiger partial charge in [0.05, 0.1) is 6.54 Å². The van der Waals surface area contributed by atoms with Crippen LogP contribution < -0.4 is 5.73 Å². The van der Waals surface area contributed by atoms with Crippen LogP contribution in [0.4, 0.5) is 0 Å². The fourth-order valence-corrected chi connectivity index (χ4v) is 2.72. The van der Waals surface area contributed by atoms with Gasteiger partial charge in [-0.25, -0.2) is 0 Å². The fourth-order valence-electron chi connectivity index (χ4n) is 2.72. The van der Waals surface area contributed by atoms with Gasteiger partial charge in [0, 0.05) is 26.2 Å². The smallest absolute Gasteiger partial charge is 0.153 e. The van der Waals surface area contributed by atoms with E-state index in [1.807, 2.05) is 0 Å². The van der Waals surface area contributed by atoms with E-state index in [4.69, 9.17) is 10.9 Å². The molecule has 0 bridgehead atoms. The van der Waals surface area contributed by atoms with Crippen molar-refractivity contribution >= 4 is 5.84 Å². The maximum Gasteiger partial charge on any atom is 0.153 e. The molecule has 0 radical (unpaired) electrons. The van der Waals surface area contributed by atoms with E-state index in [0.717, 1.165) is 26.2 Å². The van der Waals surface area contributed by atoms with E-state index in [1.165, 1.54) is 51.5 Å². The Labute approximate surface area is 123 Å². The first-order chi connectivity index (χ1) is 9.76. The number of nitrogens with two attached hydrogens (primary N) is 1. The summed E-state index contributed by atoms with van der Waals surface area (Å²) in [4.78, 5) is 4.78. The highest BCUT2D eigenvalue weighted by Gasteiger charge is 2.16. The molecule has 0 unspecified atom stereocenters. The Kier molecular flexibility index (Phi) is 9.41. The lowest BCUT2D eigenvalue weighted by Gasteiger charge is -2.34. The van der Waals surface area contributed by atoms with Crippen molar-refractivity contribution in [3.63, 3.8) is 0 Å². The van der Waals surface area contributed by atoms with Crippen molar-refractivity contribution < 1.29 is 5.21 Å². The molecule has 0 atom stereocenters. The quantitative estimate of drug-likeness (QED) is 0.212. The molecule has 1 saturated heterocycles. The Hall–Kier alpha value is -0.810. The molecule has 1 aliphatic heterocycles. The van der Waals surface area contributed by atoms with Crippen molar-refractivity contribution in [1.29, 1.82) is 0 Å². The summed E-state index contributed by atoms with van der Waals surface area (Å²) in [7, 11) is 0. The molecule has 1 fully saturated rings. The van der Waals surface area contributed by atoms with Crippen molar-refractivity contribution in [2.24, 2.45) is 10.9 Å². The molecule has 0 aromatic carbocycles. The van der Waals surface area contributed by atoms with Crippen LogP contribution in [-0.4, -0.2) is 60.1 Å². The first kappa shape index (κ1) is 17.2. The zero-order valence-corrected chi connectivity index (χ0v) is 13.1. The number of nitrogens with zero attached hydrogens (tertiary/aromatic N) is 3. The topological polar surface area (TPSA) is 65.1 Å². The average Bonchev–Trinajstić information content (AvgIpc) is 2.48. The van der Waals surface area contributed by atoms with Crippen LogP contribution in [0.15, 0.2) is 5.16 Å². The van der Waals surface area contributed by atoms with Crippen LogP contribution in [-0.2, 0) is 0 Å². The van der Waals surface area contributed by atoms with Crippen molar-refractivity contribution in [3.8, 4) is 0 Å². The Balaban J connectivity index is 1.97. The lowest BCUT2D eigenvalue weighted by molar-refractivity contribution is 0.142. The van der Waals surface area contributed by atoms with Gasteiger partial charge in [-0.3, -0.25) is 4.90 Å². The summed E-state index contributed by atoms with van der Waals surface area (Å²) >= 11 is 0. The normalized spacial score (nSPS) is 18.6. The van der Waals surface area contributed by atoms with Crippen LogP contribution >= 0.6 is 0 Å². The summed E-state index contributed by atoms with van der Waals surface area (Å²) in [5.41, 5.74) is 5.53. The second kappa shape index (κ2) is 10.9. The molecule has 5 nitrogen and oxygen atoms in total. The zero-order valence-electron chi connectivity index (χ0n) is 13.1. The van der Waals surface area contributed by atoms with E-state index in [-0.39, 0.29) is 0 Å². The van der Waals surface area contributed by atoms with Gasteiger partial charge >= 0.3 is 0 Å². The van der Waals surface area contributed by atoms with Crippen molar-refractivity contribution in [3.05, 3.63) is 0 Å². The van der Waals surface area contributed by atoms with E-state index >= 15 is 0 Å². The SMILES string of the molecule is CCCCCCCCCN1CCN(CC(N)=NO)CC1. The van der Waals surface area contributed by atoms with Crippen LogP contribution in [0.1, 0.15) is 51.9 Å². The average molecular weight is 284 g/mol. The first-order valence-corrected chi connectivity index (χ1v) is 8.17. The summed E-state index contributed by atoms with van der Waals surface area (Å²) in [6.45, 7) is 8.33. The van der Waals surface area contributed by atoms with Crippen molar-refractivity contribution in [2.45, 2.75) is 51.9 Å². The van der Waals surface area contributed by atoms with Gasteiger partial charge in [-0.15, -0.1) is 0 Å². The van der Waals surface area contributed by atoms with E-state index in [0.29, 0.717) is 12.4 Å². The van der Waals surface area contributed by atoms with Gasteiger partial charge in [0.15, 0.2) is 5.84 Å². The highest BCUT2D eigenvalue weighted by Crippen LogP contribution is 2.09. The number of unbranched alkanes of at least 4 members (excludes halogenated alkanes) is 6. The molecular formula is C15H32N4O. The van der Waals surface area contributed by atoms with Gasteiger partial charge in [0.1, 0.15) is 0 Å². The minimum Gasteiger partial charge on any atom is -0.409 e. The van der Waals surface area contributed by atoms with E-state index in [9.17, 15) is 0 Å². The Morgan fingerprint density at radius 1 is 0.950 bits per heavy atom. The zero-order chi connectivity index (χ0) is 14.6. The largest absolute Gasteiger partial charge is 0.409 e. The lowest BCUT2D eigenvalue weighted by Crippen LogP contribution is -2.48. The Bertz CT molecular complexity index is 263. The minimum atomic E-state index is 0.311. The Morgan fingerprint density at radius 3 is 2.10 bits per heavy atom. The standard InChI is InChI=1S/C15H32N4O/c1-2-3-4-5-6-7-8-9-18-10-12-19(13-11-18)14-15(16)17-20/h20H,2-14H2,1H3,(H2,16,17). The van der Waals surface area contributed by atoms with Crippen LogP contribution in [0.5, 0.6) is 0 Å². The van der Waals surface area contributed by atoms with Gasteiger partial charge in [0.2, 0.25) is 0 Å². The molecule has 20 heavy (non-hydrogen) atoms. The molecular weight excluding hydrogens is 252 g/mol. The molecule has 0 aromatic rings. The molecule has 0 aromatic heterocycles. The summed E-state index contributed by atoms with van der Waals surface area (Å²) in [5.74, 6) is 0.311. The number of hydrogen-bond acceptors (Lipinski definition) is 4. The number of oxime groups is 1. The molecule has 0 amide bonds. The predicted octanol–water partition coefficient (Wildman–Crippen LogP) is 2.10. The molecule has 118 valence electrons. The van der Waals surface area contributed by atoms with Crippen LogP contribution in [0.2, 0.25) is 0 Å². The molecule has 5 heteroatoms. The Morgan fingerprint density at radius 2 is 1.50 bits per heavy atom. The van der Waals surface area contributed by atoms with Gasteiger partial charge in [0.25, 0.3) is 0 Å². The third kappa shape index (κ3) is 7.70. The number of hydrogen-bond donors (Lipinski definition) is 2. The number of rotatable bonds is 10. The van der Waals surface area contributed by atoms with Crippen molar-refractivity contribution in [2.75, 3.05) is 39.3 Å². The van der Waals surface area contributed by atoms with Gasteiger partial charge < -0.3 is 15.8 Å². The second-order valence-electron chi connectivity index (χ2n) is 5.83. The van der Waals surface area contributed by atoms with E-state index in [2.05, 4.69) is 21.9 Å². The second-order valence-corrected chi connectivity index (χ2v) is 5.83. The number of amidine groups is 1. The van der Waals surface area contributed by atoms with Crippen molar-refractivity contribution in [1.82, 2.24) is 9.80 Å². The number of piperazine rings is 1. The molecule has 1 rings (SSSR count). The third-order valence-electron chi connectivity index (χ3n) is 4.06. The first-order valence-electron chi connectivity index (χ1n) is 8.17. The highest BCUT2D eigenvalue weighted by atomic mass is 16.4. The monoisotopic (exact) mass is 284 g/mol. The molecule has 3 N–H and O–H groups in total. The molecule has 0 saturated carbocycles. The predicted molar refractivity (Wildman–Crippen MR) is 84.3 cm³/mol.